The molecule has 1 aromatic carbocycles. The van der Waals surface area contributed by atoms with Crippen LogP contribution in [0.15, 0.2) is 36.7 Å². The number of ether oxygens (including phenoxy) is 2. The summed E-state index contributed by atoms with van der Waals surface area (Å²) in [6, 6.07) is 4.50. The van der Waals surface area contributed by atoms with Crippen LogP contribution < -0.4 is 20.4 Å². The molecule has 2 atom stereocenters. The smallest absolute Gasteiger partial charge is 0.414 e. The van der Waals surface area contributed by atoms with Crippen molar-refractivity contribution in [3.63, 3.8) is 0 Å². The molecule has 0 saturated carbocycles. The Hall–Kier alpha value is -4.49. The predicted molar refractivity (Wildman–Crippen MR) is 139 cm³/mol. The SMILES string of the molecule is CCOC(=O)NCC1CN(c2cc(F)c(N3CCN(C(=O)C(C)NC(=O)c4cccnc4)CC3)c(F)c2)C(=O)O1. The summed E-state index contributed by atoms with van der Waals surface area (Å²) in [4.78, 5) is 57.0. The number of hydrogen-bond donors (Lipinski definition) is 2. The van der Waals surface area contributed by atoms with E-state index in [1.54, 1.807) is 26.0 Å². The number of carbonyl (C=O) groups excluding carboxylic acids is 4. The Morgan fingerprint density at radius 3 is 2.50 bits per heavy atom. The van der Waals surface area contributed by atoms with Crippen molar-refractivity contribution in [2.24, 2.45) is 0 Å². The molecule has 2 aromatic rings. The van der Waals surface area contributed by atoms with Gasteiger partial charge in [-0.1, -0.05) is 0 Å². The number of nitrogens with one attached hydrogen (secondary N) is 2. The van der Waals surface area contributed by atoms with Crippen LogP contribution in [0.2, 0.25) is 0 Å². The average Bonchev–Trinajstić information content (AvgIpc) is 3.32. The minimum Gasteiger partial charge on any atom is -0.450 e. The van der Waals surface area contributed by atoms with Crippen LogP contribution in [0.4, 0.5) is 29.7 Å². The molecule has 0 radical (unpaired) electrons. The molecule has 12 nitrogen and oxygen atoms in total. The molecule has 2 fully saturated rings. The lowest BCUT2D eigenvalue weighted by molar-refractivity contribution is -0.133. The van der Waals surface area contributed by atoms with E-state index in [0.717, 1.165) is 17.0 Å². The number of anilines is 2. The van der Waals surface area contributed by atoms with Crippen molar-refractivity contribution < 1.29 is 37.4 Å². The van der Waals surface area contributed by atoms with Gasteiger partial charge in [0.25, 0.3) is 5.91 Å². The highest BCUT2D eigenvalue weighted by Gasteiger charge is 2.34. The Labute approximate surface area is 229 Å². The van der Waals surface area contributed by atoms with Gasteiger partial charge in [0.15, 0.2) is 11.6 Å². The van der Waals surface area contributed by atoms with E-state index >= 15 is 8.78 Å². The highest BCUT2D eigenvalue weighted by Crippen LogP contribution is 2.31. The molecule has 2 aliphatic heterocycles. The van der Waals surface area contributed by atoms with E-state index in [2.05, 4.69) is 15.6 Å². The molecular formula is C26H30F2N6O6. The average molecular weight is 561 g/mol. The first kappa shape index (κ1) is 28.5. The van der Waals surface area contributed by atoms with E-state index in [0.29, 0.717) is 5.56 Å². The molecule has 2 aliphatic rings. The standard InChI is InChI=1S/C26H30F2N6O6/c1-3-39-25(37)30-14-19-15-34(26(38)40-19)18-11-20(27)22(21(28)12-18)32-7-9-33(10-8-32)24(36)16(2)31-23(35)17-5-4-6-29-13-17/h4-6,11-13,16,19H,3,7-10,14-15H2,1-2H3,(H,30,37)(H,31,35). The van der Waals surface area contributed by atoms with Gasteiger partial charge in [-0.2, -0.15) is 0 Å². The third-order valence-electron chi connectivity index (χ3n) is 6.49. The van der Waals surface area contributed by atoms with Crippen molar-refractivity contribution in [3.05, 3.63) is 53.9 Å². The molecule has 0 bridgehead atoms. The zero-order valence-corrected chi connectivity index (χ0v) is 22.1. The number of amides is 4. The predicted octanol–water partition coefficient (Wildman–Crippen LogP) is 1.90. The van der Waals surface area contributed by atoms with Gasteiger partial charge in [0.2, 0.25) is 5.91 Å². The van der Waals surface area contributed by atoms with Gasteiger partial charge in [-0.3, -0.25) is 19.5 Å². The summed E-state index contributed by atoms with van der Waals surface area (Å²) >= 11 is 0. The van der Waals surface area contributed by atoms with Crippen LogP contribution in [-0.2, 0) is 14.3 Å². The second kappa shape index (κ2) is 12.6. The number of alkyl carbamates (subject to hydrolysis) is 1. The van der Waals surface area contributed by atoms with Gasteiger partial charge >= 0.3 is 12.2 Å². The lowest BCUT2D eigenvalue weighted by Gasteiger charge is -2.37. The van der Waals surface area contributed by atoms with E-state index in [4.69, 9.17) is 9.47 Å². The number of benzene rings is 1. The quantitative estimate of drug-likeness (QED) is 0.500. The van der Waals surface area contributed by atoms with Crippen LogP contribution in [0.5, 0.6) is 0 Å². The van der Waals surface area contributed by atoms with Crippen molar-refractivity contribution in [2.75, 3.05) is 55.7 Å². The van der Waals surface area contributed by atoms with Crippen molar-refractivity contribution in [3.8, 4) is 0 Å². The van der Waals surface area contributed by atoms with Crippen LogP contribution in [0.3, 0.4) is 0 Å². The van der Waals surface area contributed by atoms with Crippen LogP contribution in [0.1, 0.15) is 24.2 Å². The van der Waals surface area contributed by atoms with Crippen molar-refractivity contribution in [1.82, 2.24) is 20.5 Å². The first-order valence-corrected chi connectivity index (χ1v) is 12.8. The highest BCUT2D eigenvalue weighted by molar-refractivity contribution is 5.97. The maximum atomic E-state index is 15.1. The largest absolute Gasteiger partial charge is 0.450 e. The fraction of sp³-hybridized carbons (Fsp3) is 0.423. The third-order valence-corrected chi connectivity index (χ3v) is 6.49. The summed E-state index contributed by atoms with van der Waals surface area (Å²) in [6.45, 7) is 4.09. The second-order valence-corrected chi connectivity index (χ2v) is 9.22. The molecule has 214 valence electrons. The molecule has 0 spiro atoms. The highest BCUT2D eigenvalue weighted by atomic mass is 19.1. The Balaban J connectivity index is 1.33. The number of pyridine rings is 1. The summed E-state index contributed by atoms with van der Waals surface area (Å²) in [5, 5.41) is 5.10. The number of carbonyl (C=O) groups is 4. The number of piperazine rings is 1. The molecule has 4 rings (SSSR count). The minimum absolute atomic E-state index is 0.0141. The van der Waals surface area contributed by atoms with E-state index in [-0.39, 0.29) is 63.2 Å². The maximum absolute atomic E-state index is 15.1. The summed E-state index contributed by atoms with van der Waals surface area (Å²) in [6.07, 6.45) is 0.760. The zero-order chi connectivity index (χ0) is 28.8. The Morgan fingerprint density at radius 1 is 1.18 bits per heavy atom. The van der Waals surface area contributed by atoms with Crippen LogP contribution in [0, 0.1) is 11.6 Å². The van der Waals surface area contributed by atoms with Gasteiger partial charge in [-0.15, -0.1) is 0 Å². The molecule has 0 aliphatic carbocycles. The fourth-order valence-corrected chi connectivity index (χ4v) is 4.49. The van der Waals surface area contributed by atoms with Gasteiger partial charge in [0, 0.05) is 50.7 Å². The van der Waals surface area contributed by atoms with E-state index in [9.17, 15) is 19.2 Å². The minimum atomic E-state index is -0.868. The lowest BCUT2D eigenvalue weighted by Crippen LogP contribution is -2.54. The van der Waals surface area contributed by atoms with E-state index in [1.807, 2.05) is 0 Å². The molecule has 2 unspecified atom stereocenters. The monoisotopic (exact) mass is 560 g/mol. The molecule has 40 heavy (non-hydrogen) atoms. The number of aromatic nitrogens is 1. The second-order valence-electron chi connectivity index (χ2n) is 9.22. The van der Waals surface area contributed by atoms with Crippen molar-refractivity contribution >= 4 is 35.4 Å². The molecule has 2 saturated heterocycles. The Bertz CT molecular complexity index is 1230. The molecule has 14 heteroatoms. The number of hydrogen-bond acceptors (Lipinski definition) is 8. The lowest BCUT2D eigenvalue weighted by atomic mass is 10.1. The summed E-state index contributed by atoms with van der Waals surface area (Å²) in [7, 11) is 0. The molecule has 2 N–H and O–H groups in total. The van der Waals surface area contributed by atoms with Gasteiger partial charge in [0.1, 0.15) is 17.8 Å². The van der Waals surface area contributed by atoms with Crippen LogP contribution in [0.25, 0.3) is 0 Å². The number of rotatable bonds is 8. The van der Waals surface area contributed by atoms with Gasteiger partial charge in [-0.05, 0) is 26.0 Å². The fourth-order valence-electron chi connectivity index (χ4n) is 4.49. The molecule has 1 aromatic heterocycles. The number of cyclic esters (lactones) is 1. The van der Waals surface area contributed by atoms with Crippen LogP contribution >= 0.6 is 0 Å². The van der Waals surface area contributed by atoms with Gasteiger partial charge < -0.3 is 29.9 Å². The third kappa shape index (κ3) is 6.55. The van der Waals surface area contributed by atoms with Gasteiger partial charge in [0.05, 0.1) is 30.9 Å². The maximum Gasteiger partial charge on any atom is 0.414 e. The number of nitrogens with zero attached hydrogens (tertiary/aromatic N) is 4. The summed E-state index contributed by atoms with van der Waals surface area (Å²) in [5.74, 6) is -2.48. The summed E-state index contributed by atoms with van der Waals surface area (Å²) < 4.78 is 40.2. The van der Waals surface area contributed by atoms with E-state index in [1.165, 1.54) is 22.2 Å². The van der Waals surface area contributed by atoms with E-state index < -0.39 is 41.9 Å². The van der Waals surface area contributed by atoms with Gasteiger partial charge in [-0.25, -0.2) is 18.4 Å². The molecule has 4 amide bonds. The van der Waals surface area contributed by atoms with Crippen molar-refractivity contribution in [1.29, 1.82) is 0 Å². The first-order chi connectivity index (χ1) is 19.2. The molecular weight excluding hydrogens is 530 g/mol. The normalized spacial score (nSPS) is 17.8. The summed E-state index contributed by atoms with van der Waals surface area (Å²) in [5.41, 5.74) is 0.0451. The van der Waals surface area contributed by atoms with Crippen molar-refractivity contribution in [2.45, 2.75) is 26.0 Å². The Kier molecular flexibility index (Phi) is 8.97. The molecule has 3 heterocycles. The topological polar surface area (TPSA) is 133 Å². The van der Waals surface area contributed by atoms with Crippen LogP contribution in [-0.4, -0.2) is 91.9 Å². The Morgan fingerprint density at radius 2 is 1.88 bits per heavy atom. The first-order valence-electron chi connectivity index (χ1n) is 12.8. The number of halogens is 2. The zero-order valence-electron chi connectivity index (χ0n) is 22.1.